The first-order chi connectivity index (χ1) is 5.91. The van der Waals surface area contributed by atoms with Crippen LogP contribution in [0, 0.1) is 0 Å². The van der Waals surface area contributed by atoms with Crippen molar-refractivity contribution in [3.05, 3.63) is 0 Å². The number of unbranched alkanes of at least 4 members (excludes halogenated alkanes) is 5. The minimum absolute atomic E-state index is 0.318. The van der Waals surface area contributed by atoms with Crippen molar-refractivity contribution in [2.45, 2.75) is 45.4 Å². The third-order valence-electron chi connectivity index (χ3n) is 1.60. The summed E-state index contributed by atoms with van der Waals surface area (Å²) in [7, 11) is 0.318. The van der Waals surface area contributed by atoms with Crippen LogP contribution in [-0.2, 0) is 28.3 Å². The molecule has 0 radical (unpaired) electrons. The maximum atomic E-state index is 9.99. The number of hydrogen-bond acceptors (Lipinski definition) is 2. The summed E-state index contributed by atoms with van der Waals surface area (Å²) >= 11 is 0.750. The predicted molar refractivity (Wildman–Crippen MR) is 46.5 cm³/mol. The van der Waals surface area contributed by atoms with Crippen molar-refractivity contribution in [2.24, 2.45) is 0 Å². The summed E-state index contributed by atoms with van der Waals surface area (Å²) in [5.74, 6) is 0. The quantitative estimate of drug-likeness (QED) is 0.376. The van der Waals surface area contributed by atoms with Gasteiger partial charge in [0.2, 0.25) is 0 Å². The van der Waals surface area contributed by atoms with Gasteiger partial charge in [0.05, 0.1) is 0 Å². The fraction of sp³-hybridized carbons (Fsp3) is 1.00. The molecular formula is C8H17O2PTi. The Morgan fingerprint density at radius 1 is 1.00 bits per heavy atom. The van der Waals surface area contributed by atoms with Crippen LogP contribution < -0.4 is 0 Å². The first-order valence-corrected chi connectivity index (χ1v) is 6.05. The molecule has 0 rings (SSSR count). The first kappa shape index (κ1) is 15.1. The van der Waals surface area contributed by atoms with Gasteiger partial charge >= 0.3 is 23.7 Å². The molecule has 2 nitrogen and oxygen atoms in total. The Morgan fingerprint density at radius 3 is 2.00 bits per heavy atom. The van der Waals surface area contributed by atoms with Crippen LogP contribution in [-0.4, -0.2) is 6.16 Å². The van der Waals surface area contributed by atoms with E-state index in [-0.39, 0.29) is 0 Å². The second-order valence-electron chi connectivity index (χ2n) is 2.62. The van der Waals surface area contributed by atoms with Crippen LogP contribution in [0.2, 0.25) is 0 Å². The third-order valence-corrected chi connectivity index (χ3v) is 2.10. The van der Waals surface area contributed by atoms with E-state index in [0.717, 1.165) is 33.0 Å². The second-order valence-corrected chi connectivity index (χ2v) is 3.33. The topological polar surface area (TPSA) is 34.1 Å². The average molecular weight is 224 g/mol. The molecule has 0 fully saturated rings. The van der Waals surface area contributed by atoms with E-state index in [9.17, 15) is 4.57 Å². The molecule has 0 aromatic rings. The third kappa shape index (κ3) is 16.9. The monoisotopic (exact) mass is 224 g/mol. The molecule has 0 bridgehead atoms. The van der Waals surface area contributed by atoms with Gasteiger partial charge in [-0.15, -0.1) is 0 Å². The molecule has 12 heavy (non-hydrogen) atoms. The molecule has 0 saturated carbocycles. The molecule has 0 aliphatic carbocycles. The Balaban J connectivity index is 0. The Morgan fingerprint density at radius 2 is 1.50 bits per heavy atom. The van der Waals surface area contributed by atoms with E-state index in [4.69, 9.17) is 3.32 Å². The molecule has 0 N–H and O–H groups in total. The SMILES string of the molecule is CCCCCCCCP=O.[O]=[Ti]. The zero-order valence-corrected chi connectivity index (χ0v) is 10.2. The van der Waals surface area contributed by atoms with Gasteiger partial charge < -0.3 is 0 Å². The molecule has 0 atom stereocenters. The summed E-state index contributed by atoms with van der Waals surface area (Å²) in [5.41, 5.74) is 0. The van der Waals surface area contributed by atoms with E-state index >= 15 is 0 Å². The average Bonchev–Trinajstić information content (AvgIpc) is 2.15. The van der Waals surface area contributed by atoms with Crippen LogP contribution in [0.25, 0.3) is 0 Å². The van der Waals surface area contributed by atoms with E-state index in [1.165, 1.54) is 32.1 Å². The molecule has 0 heterocycles. The Kier molecular flexibility index (Phi) is 22.2. The fourth-order valence-corrected chi connectivity index (χ4v) is 1.31. The molecule has 0 amide bonds. The predicted octanol–water partition coefficient (Wildman–Crippen LogP) is 3.52. The van der Waals surface area contributed by atoms with Gasteiger partial charge in [-0.2, -0.15) is 0 Å². The van der Waals surface area contributed by atoms with Gasteiger partial charge in [0.1, 0.15) is 0 Å². The van der Waals surface area contributed by atoms with Crippen molar-refractivity contribution in [3.8, 4) is 0 Å². The number of rotatable bonds is 7. The fourth-order valence-electron chi connectivity index (χ4n) is 0.957. The van der Waals surface area contributed by atoms with Crippen LogP contribution in [0.4, 0.5) is 0 Å². The van der Waals surface area contributed by atoms with Crippen molar-refractivity contribution >= 4 is 8.46 Å². The van der Waals surface area contributed by atoms with Crippen molar-refractivity contribution in [3.63, 3.8) is 0 Å². The summed E-state index contributed by atoms with van der Waals surface area (Å²) in [5, 5.41) is 0. The van der Waals surface area contributed by atoms with Gasteiger partial charge in [-0.3, -0.25) is 4.57 Å². The summed E-state index contributed by atoms with van der Waals surface area (Å²) in [6.45, 7) is 2.22. The van der Waals surface area contributed by atoms with Gasteiger partial charge in [0.25, 0.3) is 0 Å². The molecule has 70 valence electrons. The molecule has 0 unspecified atom stereocenters. The van der Waals surface area contributed by atoms with Crippen molar-refractivity contribution in [1.29, 1.82) is 0 Å². The van der Waals surface area contributed by atoms with Crippen molar-refractivity contribution in [2.75, 3.05) is 6.16 Å². The standard InChI is InChI=1S/C8H17OP.O.Ti/c1-2-3-4-5-6-7-8-10-9;;/h2-8H2,1H3;;. The van der Waals surface area contributed by atoms with Crippen LogP contribution in [0.1, 0.15) is 45.4 Å². The van der Waals surface area contributed by atoms with E-state index in [1.807, 2.05) is 0 Å². The summed E-state index contributed by atoms with van der Waals surface area (Å²) in [6.07, 6.45) is 8.58. The molecule has 0 aromatic heterocycles. The van der Waals surface area contributed by atoms with E-state index in [1.54, 1.807) is 0 Å². The van der Waals surface area contributed by atoms with Gasteiger partial charge in [0.15, 0.2) is 8.46 Å². The Hall–Kier alpha value is 0.614. The molecule has 0 aliphatic heterocycles. The molecule has 0 spiro atoms. The van der Waals surface area contributed by atoms with Crippen molar-refractivity contribution < 1.29 is 28.3 Å². The summed E-state index contributed by atoms with van der Waals surface area (Å²) in [6, 6.07) is 0. The first-order valence-electron chi connectivity index (χ1n) is 4.41. The van der Waals surface area contributed by atoms with Gasteiger partial charge in [-0.1, -0.05) is 39.0 Å². The zero-order chi connectivity index (χ0) is 9.66. The Bertz CT molecular complexity index is 91.1. The zero-order valence-electron chi connectivity index (χ0n) is 7.71. The van der Waals surface area contributed by atoms with Gasteiger partial charge in [-0.25, -0.2) is 0 Å². The second kappa shape index (κ2) is 17.6. The number of hydrogen-bond donors (Lipinski definition) is 0. The van der Waals surface area contributed by atoms with Crippen LogP contribution in [0.15, 0.2) is 0 Å². The van der Waals surface area contributed by atoms with Crippen LogP contribution >= 0.6 is 8.46 Å². The van der Waals surface area contributed by atoms with Gasteiger partial charge in [0, 0.05) is 6.16 Å². The maximum absolute atomic E-state index is 9.99. The molecular weight excluding hydrogens is 207 g/mol. The van der Waals surface area contributed by atoms with Crippen LogP contribution in [0.5, 0.6) is 0 Å². The van der Waals surface area contributed by atoms with Crippen molar-refractivity contribution in [1.82, 2.24) is 0 Å². The molecule has 0 aliphatic rings. The molecule has 0 aromatic carbocycles. The van der Waals surface area contributed by atoms with Crippen LogP contribution in [0.3, 0.4) is 0 Å². The van der Waals surface area contributed by atoms with E-state index < -0.39 is 0 Å². The van der Waals surface area contributed by atoms with Gasteiger partial charge in [-0.05, 0) is 6.42 Å². The van der Waals surface area contributed by atoms with E-state index in [0.29, 0.717) is 8.46 Å². The van der Waals surface area contributed by atoms with E-state index in [2.05, 4.69) is 6.92 Å². The molecule has 4 heteroatoms. The summed E-state index contributed by atoms with van der Waals surface area (Å²) in [4.78, 5) is 0. The summed E-state index contributed by atoms with van der Waals surface area (Å²) < 4.78 is 18.2. The molecule has 0 saturated heterocycles. The Labute approximate surface area is 88.4 Å². The minimum atomic E-state index is 0.318. The normalized spacial score (nSPS) is 9.00.